The lowest BCUT2D eigenvalue weighted by Gasteiger charge is -2.25. The van der Waals surface area contributed by atoms with Gasteiger partial charge in [-0.3, -0.25) is 14.5 Å². The Morgan fingerprint density at radius 3 is 2.32 bits per heavy atom. The summed E-state index contributed by atoms with van der Waals surface area (Å²) < 4.78 is 5.46. The minimum absolute atomic E-state index is 0.0933. The second-order valence-corrected chi connectivity index (χ2v) is 8.47. The van der Waals surface area contributed by atoms with Gasteiger partial charge >= 0.3 is 0 Å². The SMILES string of the molecule is CCOc1ccc(/C(O)=C2/C(=O)C(=O)N(c3cc(C)cc(C)c3)C2c2cccs2)cc1. The highest BCUT2D eigenvalue weighted by Crippen LogP contribution is 2.44. The maximum absolute atomic E-state index is 13.1. The summed E-state index contributed by atoms with van der Waals surface area (Å²) >= 11 is 1.45. The first-order chi connectivity index (χ1) is 14.9. The number of nitrogens with zero attached hydrogens (tertiary/aromatic N) is 1. The molecule has 1 fully saturated rings. The summed E-state index contributed by atoms with van der Waals surface area (Å²) in [7, 11) is 0. The fourth-order valence-corrected chi connectivity index (χ4v) is 4.76. The fraction of sp³-hybridized carbons (Fsp3) is 0.200. The van der Waals surface area contributed by atoms with E-state index >= 15 is 0 Å². The normalized spacial score (nSPS) is 17.9. The van der Waals surface area contributed by atoms with Crippen LogP contribution in [0.1, 0.15) is 34.5 Å². The molecule has 1 amide bonds. The minimum Gasteiger partial charge on any atom is -0.507 e. The molecule has 1 aliphatic rings. The van der Waals surface area contributed by atoms with Gasteiger partial charge in [0, 0.05) is 16.1 Å². The molecule has 5 nitrogen and oxygen atoms in total. The van der Waals surface area contributed by atoms with Gasteiger partial charge in [0.05, 0.1) is 12.2 Å². The number of hydrogen-bond acceptors (Lipinski definition) is 5. The largest absolute Gasteiger partial charge is 0.507 e. The third-order valence-electron chi connectivity index (χ3n) is 5.18. The Balaban J connectivity index is 1.87. The third kappa shape index (κ3) is 3.86. The number of carbonyl (C=O) groups is 2. The number of aliphatic hydroxyl groups is 1. The van der Waals surface area contributed by atoms with Gasteiger partial charge < -0.3 is 9.84 Å². The van der Waals surface area contributed by atoms with Crippen molar-refractivity contribution in [3.05, 3.63) is 87.1 Å². The van der Waals surface area contributed by atoms with Crippen molar-refractivity contribution in [1.29, 1.82) is 0 Å². The molecule has 2 heterocycles. The lowest BCUT2D eigenvalue weighted by molar-refractivity contribution is -0.132. The molecule has 158 valence electrons. The Kier molecular flexibility index (Phi) is 5.65. The Bertz CT molecular complexity index is 1140. The molecule has 6 heteroatoms. The topological polar surface area (TPSA) is 66.8 Å². The maximum atomic E-state index is 13.1. The van der Waals surface area contributed by atoms with Crippen LogP contribution in [0.5, 0.6) is 5.75 Å². The van der Waals surface area contributed by atoms with Gasteiger partial charge in [0.2, 0.25) is 0 Å². The first-order valence-corrected chi connectivity index (χ1v) is 10.9. The zero-order valence-corrected chi connectivity index (χ0v) is 18.4. The average molecular weight is 434 g/mol. The van der Waals surface area contributed by atoms with Crippen LogP contribution in [-0.4, -0.2) is 23.4 Å². The zero-order valence-electron chi connectivity index (χ0n) is 17.6. The van der Waals surface area contributed by atoms with E-state index in [0.717, 1.165) is 16.0 Å². The number of aryl methyl sites for hydroxylation is 2. The Labute approximate surface area is 185 Å². The van der Waals surface area contributed by atoms with Crippen molar-refractivity contribution in [2.75, 3.05) is 11.5 Å². The summed E-state index contributed by atoms with van der Waals surface area (Å²) in [5.41, 5.74) is 3.18. The van der Waals surface area contributed by atoms with E-state index < -0.39 is 17.7 Å². The lowest BCUT2D eigenvalue weighted by atomic mass is 9.99. The predicted octanol–water partition coefficient (Wildman–Crippen LogP) is 5.39. The second kappa shape index (κ2) is 8.40. The molecule has 1 saturated heterocycles. The summed E-state index contributed by atoms with van der Waals surface area (Å²) in [4.78, 5) is 28.6. The number of Topliss-reactive ketones (excluding diaryl/α,β-unsaturated/α-hetero) is 1. The van der Waals surface area contributed by atoms with Crippen LogP contribution in [0.4, 0.5) is 5.69 Å². The average Bonchev–Trinajstić information content (AvgIpc) is 3.35. The predicted molar refractivity (Wildman–Crippen MR) is 123 cm³/mol. The summed E-state index contributed by atoms with van der Waals surface area (Å²) in [5.74, 6) is -0.851. The van der Waals surface area contributed by atoms with Gasteiger partial charge in [-0.25, -0.2) is 0 Å². The fourth-order valence-electron chi connectivity index (χ4n) is 3.94. The van der Waals surface area contributed by atoms with E-state index in [4.69, 9.17) is 4.74 Å². The van der Waals surface area contributed by atoms with Crippen LogP contribution in [0.15, 0.2) is 65.6 Å². The monoisotopic (exact) mass is 433 g/mol. The maximum Gasteiger partial charge on any atom is 0.300 e. The first kappa shape index (κ1) is 20.9. The lowest BCUT2D eigenvalue weighted by Crippen LogP contribution is -2.29. The quantitative estimate of drug-likeness (QED) is 0.333. The molecule has 0 bridgehead atoms. The molecule has 4 rings (SSSR count). The molecule has 0 radical (unpaired) electrons. The van der Waals surface area contributed by atoms with Crippen LogP contribution in [0.2, 0.25) is 0 Å². The van der Waals surface area contributed by atoms with Crippen molar-refractivity contribution in [2.24, 2.45) is 0 Å². The first-order valence-electron chi connectivity index (χ1n) is 10.1. The second-order valence-electron chi connectivity index (χ2n) is 7.49. The van der Waals surface area contributed by atoms with Gasteiger partial charge in [0.15, 0.2) is 0 Å². The molecule has 1 aromatic heterocycles. The molecule has 2 aromatic carbocycles. The number of benzene rings is 2. The molecule has 1 aliphatic heterocycles. The van der Waals surface area contributed by atoms with Gasteiger partial charge in [-0.1, -0.05) is 12.1 Å². The molecule has 3 aromatic rings. The van der Waals surface area contributed by atoms with E-state index in [1.165, 1.54) is 16.2 Å². The van der Waals surface area contributed by atoms with Crippen molar-refractivity contribution >= 4 is 34.5 Å². The van der Waals surface area contributed by atoms with Crippen molar-refractivity contribution < 1.29 is 19.4 Å². The molecular formula is C25H23NO4S. The molecule has 1 atom stereocenters. The van der Waals surface area contributed by atoms with Gasteiger partial charge in [0.25, 0.3) is 11.7 Å². The number of amides is 1. The Morgan fingerprint density at radius 1 is 1.06 bits per heavy atom. The molecule has 31 heavy (non-hydrogen) atoms. The van der Waals surface area contributed by atoms with Crippen molar-refractivity contribution in [3.63, 3.8) is 0 Å². The van der Waals surface area contributed by atoms with Gasteiger partial charge in [0.1, 0.15) is 17.6 Å². The molecular weight excluding hydrogens is 410 g/mol. The smallest absolute Gasteiger partial charge is 0.300 e. The van der Waals surface area contributed by atoms with E-state index in [0.29, 0.717) is 23.6 Å². The van der Waals surface area contributed by atoms with Crippen LogP contribution in [0.25, 0.3) is 5.76 Å². The summed E-state index contributed by atoms with van der Waals surface area (Å²) in [6.45, 7) is 6.33. The van der Waals surface area contributed by atoms with Crippen LogP contribution in [0.3, 0.4) is 0 Å². The third-order valence-corrected chi connectivity index (χ3v) is 6.11. The van der Waals surface area contributed by atoms with Gasteiger partial charge in [-0.2, -0.15) is 0 Å². The highest BCUT2D eigenvalue weighted by Gasteiger charge is 2.47. The highest BCUT2D eigenvalue weighted by atomic mass is 32.1. The summed E-state index contributed by atoms with van der Waals surface area (Å²) in [6.07, 6.45) is 0. The van der Waals surface area contributed by atoms with Crippen LogP contribution in [-0.2, 0) is 9.59 Å². The van der Waals surface area contributed by atoms with Crippen LogP contribution in [0, 0.1) is 13.8 Å². The molecule has 1 N–H and O–H groups in total. The Hall–Kier alpha value is -3.38. The summed E-state index contributed by atoms with van der Waals surface area (Å²) in [5, 5.41) is 13.0. The van der Waals surface area contributed by atoms with Crippen molar-refractivity contribution in [3.8, 4) is 5.75 Å². The van der Waals surface area contributed by atoms with E-state index in [-0.39, 0.29) is 11.3 Å². The van der Waals surface area contributed by atoms with Crippen molar-refractivity contribution in [2.45, 2.75) is 26.8 Å². The van der Waals surface area contributed by atoms with Gasteiger partial charge in [-0.05, 0) is 79.7 Å². The number of ether oxygens (including phenoxy) is 1. The Morgan fingerprint density at radius 2 is 1.74 bits per heavy atom. The number of anilines is 1. The number of aliphatic hydroxyl groups excluding tert-OH is 1. The van der Waals surface area contributed by atoms with Crippen LogP contribution >= 0.6 is 11.3 Å². The number of ketones is 1. The highest BCUT2D eigenvalue weighted by molar-refractivity contribution is 7.10. The molecule has 1 unspecified atom stereocenters. The number of thiophene rings is 1. The minimum atomic E-state index is -0.691. The van der Waals surface area contributed by atoms with E-state index in [2.05, 4.69) is 0 Å². The van der Waals surface area contributed by atoms with Gasteiger partial charge in [-0.15, -0.1) is 11.3 Å². The summed E-state index contributed by atoms with van der Waals surface area (Å²) in [6, 6.07) is 15.7. The number of carbonyl (C=O) groups excluding carboxylic acids is 2. The van der Waals surface area contributed by atoms with E-state index in [1.807, 2.05) is 56.5 Å². The molecule has 0 spiro atoms. The standard InChI is InChI=1S/C25H23NO4S/c1-4-30-19-9-7-17(8-10-19)23(27)21-22(20-6-5-11-31-20)26(25(29)24(21)28)18-13-15(2)12-16(3)14-18/h5-14,22,27H,4H2,1-3H3/b23-21-. The number of rotatable bonds is 5. The van der Waals surface area contributed by atoms with Crippen molar-refractivity contribution in [1.82, 2.24) is 0 Å². The number of hydrogen-bond donors (Lipinski definition) is 1. The van der Waals surface area contributed by atoms with E-state index in [9.17, 15) is 14.7 Å². The van der Waals surface area contributed by atoms with E-state index in [1.54, 1.807) is 24.3 Å². The van der Waals surface area contributed by atoms with Crippen LogP contribution < -0.4 is 9.64 Å². The molecule has 0 aliphatic carbocycles. The molecule has 0 saturated carbocycles. The zero-order chi connectivity index (χ0) is 22.1.